The third-order valence-corrected chi connectivity index (χ3v) is 6.95. The van der Waals surface area contributed by atoms with Crippen LogP contribution in [0.5, 0.6) is 0 Å². The Hall–Kier alpha value is -3.95. The van der Waals surface area contributed by atoms with Crippen LogP contribution in [0.25, 0.3) is 0 Å². The molecule has 1 fully saturated rings. The Labute approximate surface area is 221 Å². The number of carbonyl (C=O) groups excluding carboxylic acids is 2. The number of hydrogen-bond donors (Lipinski definition) is 4. The second-order valence-corrected chi connectivity index (χ2v) is 9.42. The lowest BCUT2D eigenvalue weighted by Gasteiger charge is -2.29. The first-order valence-electron chi connectivity index (χ1n) is 12.6. The summed E-state index contributed by atoms with van der Waals surface area (Å²) < 4.78 is 13.8. The number of benzene rings is 3. The van der Waals surface area contributed by atoms with E-state index in [1.165, 1.54) is 9.80 Å². The Bertz CT molecular complexity index is 1240. The molecule has 5 N–H and O–H groups in total. The predicted octanol–water partition coefficient (Wildman–Crippen LogP) is 3.60. The normalized spacial score (nSPS) is 17.5. The summed E-state index contributed by atoms with van der Waals surface area (Å²) in [5, 5.41) is 23.7. The van der Waals surface area contributed by atoms with Crippen LogP contribution in [0.15, 0.2) is 78.9 Å². The third kappa shape index (κ3) is 5.79. The van der Waals surface area contributed by atoms with Crippen molar-refractivity contribution in [3.8, 4) is 0 Å². The zero-order chi connectivity index (χ0) is 27.2. The van der Waals surface area contributed by atoms with Gasteiger partial charge >= 0.3 is 0 Å². The zero-order valence-corrected chi connectivity index (χ0v) is 21.2. The first kappa shape index (κ1) is 27.1. The number of likely N-dealkylation sites (tertiary alicyclic amines) is 1. The molecule has 38 heavy (non-hydrogen) atoms. The van der Waals surface area contributed by atoms with Gasteiger partial charge in [-0.15, -0.1) is 0 Å². The van der Waals surface area contributed by atoms with E-state index in [0.29, 0.717) is 29.2 Å². The molecule has 3 aromatic carbocycles. The number of para-hydroxylation sites is 2. The number of hydrogen-bond acceptors (Lipinski definition) is 6. The molecule has 0 unspecified atom stereocenters. The lowest BCUT2D eigenvalue weighted by Crippen LogP contribution is -2.50. The average Bonchev–Trinajstić information content (AvgIpc) is 3.44. The molecule has 0 spiro atoms. The molecule has 1 aliphatic rings. The summed E-state index contributed by atoms with van der Waals surface area (Å²) in [5.74, 6) is -1.54. The first-order chi connectivity index (χ1) is 18.3. The number of nitrogens with one attached hydrogen (secondary N) is 1. The number of halogens is 1. The summed E-state index contributed by atoms with van der Waals surface area (Å²) in [6, 6.07) is 22.6. The molecule has 0 saturated carbocycles. The van der Waals surface area contributed by atoms with Crippen LogP contribution in [-0.2, 0) is 9.59 Å². The van der Waals surface area contributed by atoms with Crippen LogP contribution in [-0.4, -0.2) is 52.5 Å². The summed E-state index contributed by atoms with van der Waals surface area (Å²) >= 11 is 0. The Morgan fingerprint density at radius 2 is 1.68 bits per heavy atom. The third-order valence-electron chi connectivity index (χ3n) is 6.95. The van der Waals surface area contributed by atoms with Gasteiger partial charge in [-0.3, -0.25) is 9.59 Å². The van der Waals surface area contributed by atoms with Crippen LogP contribution in [0.4, 0.5) is 21.5 Å². The van der Waals surface area contributed by atoms with Gasteiger partial charge < -0.3 is 31.1 Å². The number of aliphatic hydroxyl groups is 2. The maximum absolute atomic E-state index is 13.8. The van der Waals surface area contributed by atoms with Crippen molar-refractivity contribution in [1.29, 1.82) is 0 Å². The van der Waals surface area contributed by atoms with Gasteiger partial charge in [-0.05, 0) is 55.2 Å². The maximum Gasteiger partial charge on any atom is 0.255 e. The van der Waals surface area contributed by atoms with Gasteiger partial charge in [0.15, 0.2) is 19.0 Å². The molecule has 9 heteroatoms. The highest BCUT2D eigenvalue weighted by Crippen LogP contribution is 2.33. The van der Waals surface area contributed by atoms with E-state index in [0.717, 1.165) is 18.4 Å². The lowest BCUT2D eigenvalue weighted by atomic mass is 10.0. The standard InChI is InChI=1S/C29H33FN4O4/c1-19(20-13-15-22(16-14-20)34(18-30)25-11-6-5-10-23(25)31)32-28(37)26(35)27(36)29(38)33-17-7-12-24(33)21-8-3-2-4-9-21/h2-6,8-11,13-16,19,24,26-27,35-36H,7,12,17-18,31H2,1H3,(H,32,37)/t19-,24-,26-,27-/m1/s1. The van der Waals surface area contributed by atoms with E-state index in [9.17, 15) is 24.2 Å². The Morgan fingerprint density at radius 3 is 2.34 bits per heavy atom. The fraction of sp³-hybridized carbons (Fsp3) is 0.310. The number of alkyl halides is 1. The van der Waals surface area contributed by atoms with Crippen LogP contribution in [0.1, 0.15) is 43.0 Å². The highest BCUT2D eigenvalue weighted by molar-refractivity contribution is 5.91. The number of carbonyl (C=O) groups is 2. The van der Waals surface area contributed by atoms with Gasteiger partial charge in [0.2, 0.25) is 0 Å². The van der Waals surface area contributed by atoms with Crippen molar-refractivity contribution in [2.75, 3.05) is 24.0 Å². The number of nitrogen functional groups attached to an aromatic ring is 1. The summed E-state index contributed by atoms with van der Waals surface area (Å²) in [6.07, 6.45) is -2.30. The smallest absolute Gasteiger partial charge is 0.255 e. The zero-order valence-electron chi connectivity index (χ0n) is 21.2. The minimum absolute atomic E-state index is 0.207. The van der Waals surface area contributed by atoms with Gasteiger partial charge in [0, 0.05) is 12.2 Å². The monoisotopic (exact) mass is 520 g/mol. The lowest BCUT2D eigenvalue weighted by molar-refractivity contribution is -0.154. The van der Waals surface area contributed by atoms with E-state index < -0.39 is 36.9 Å². The molecule has 1 aliphatic heterocycles. The van der Waals surface area contributed by atoms with E-state index in [4.69, 9.17) is 5.73 Å². The summed E-state index contributed by atoms with van der Waals surface area (Å²) in [4.78, 5) is 28.7. The molecule has 0 aliphatic carbocycles. The molecule has 200 valence electrons. The maximum atomic E-state index is 13.8. The molecule has 1 heterocycles. The van der Waals surface area contributed by atoms with Gasteiger partial charge in [-0.1, -0.05) is 54.6 Å². The molecule has 4 rings (SSSR count). The highest BCUT2D eigenvalue weighted by atomic mass is 19.1. The molecular weight excluding hydrogens is 487 g/mol. The van der Waals surface area contributed by atoms with Gasteiger partial charge in [0.05, 0.1) is 23.5 Å². The molecule has 3 aromatic rings. The van der Waals surface area contributed by atoms with E-state index in [2.05, 4.69) is 5.32 Å². The van der Waals surface area contributed by atoms with Crippen LogP contribution in [0, 0.1) is 0 Å². The molecular formula is C29H33FN4O4. The van der Waals surface area contributed by atoms with E-state index >= 15 is 0 Å². The molecule has 0 radical (unpaired) electrons. The fourth-order valence-electron chi connectivity index (χ4n) is 4.83. The number of amides is 2. The molecule has 4 atom stereocenters. The SMILES string of the molecule is C[C@@H](NC(=O)[C@H](O)[C@@H](O)C(=O)N1CCC[C@@H]1c1ccccc1)c1ccc(N(CF)c2ccccc2N)cc1. The fourth-order valence-corrected chi connectivity index (χ4v) is 4.83. The Morgan fingerprint density at radius 1 is 1.03 bits per heavy atom. The topological polar surface area (TPSA) is 119 Å². The summed E-state index contributed by atoms with van der Waals surface area (Å²) in [5.41, 5.74) is 9.19. The van der Waals surface area contributed by atoms with Gasteiger partial charge in [-0.25, -0.2) is 4.39 Å². The molecule has 0 aromatic heterocycles. The van der Waals surface area contributed by atoms with E-state index in [-0.39, 0.29) is 6.04 Å². The van der Waals surface area contributed by atoms with E-state index in [1.807, 2.05) is 30.3 Å². The van der Waals surface area contributed by atoms with Crippen molar-refractivity contribution < 1.29 is 24.2 Å². The molecule has 1 saturated heterocycles. The van der Waals surface area contributed by atoms with E-state index in [1.54, 1.807) is 55.5 Å². The summed E-state index contributed by atoms with van der Waals surface area (Å²) in [6.45, 7) is 1.37. The minimum Gasteiger partial charge on any atom is -0.397 e. The Kier molecular flexibility index (Phi) is 8.60. The van der Waals surface area contributed by atoms with Crippen molar-refractivity contribution >= 4 is 28.9 Å². The second-order valence-electron chi connectivity index (χ2n) is 9.42. The van der Waals surface area contributed by atoms with Crippen molar-refractivity contribution in [3.05, 3.63) is 90.0 Å². The molecule has 2 amide bonds. The van der Waals surface area contributed by atoms with Crippen molar-refractivity contribution in [3.63, 3.8) is 0 Å². The number of nitrogens with two attached hydrogens (primary N) is 1. The van der Waals surface area contributed by atoms with Gasteiger partial charge in [-0.2, -0.15) is 0 Å². The van der Waals surface area contributed by atoms with Crippen LogP contribution >= 0.6 is 0 Å². The minimum atomic E-state index is -1.93. The van der Waals surface area contributed by atoms with Crippen LogP contribution < -0.4 is 16.0 Å². The molecule has 8 nitrogen and oxygen atoms in total. The van der Waals surface area contributed by atoms with Gasteiger partial charge in [0.25, 0.3) is 11.8 Å². The Balaban J connectivity index is 1.38. The number of nitrogens with zero attached hydrogens (tertiary/aromatic N) is 2. The number of rotatable bonds is 9. The quantitative estimate of drug-likeness (QED) is 0.253. The predicted molar refractivity (Wildman–Crippen MR) is 144 cm³/mol. The average molecular weight is 521 g/mol. The van der Waals surface area contributed by atoms with Crippen molar-refractivity contribution in [2.24, 2.45) is 0 Å². The molecule has 0 bridgehead atoms. The largest absolute Gasteiger partial charge is 0.397 e. The number of aliphatic hydroxyl groups excluding tert-OH is 2. The van der Waals surface area contributed by atoms with Crippen LogP contribution in [0.3, 0.4) is 0 Å². The highest BCUT2D eigenvalue weighted by Gasteiger charge is 2.38. The van der Waals surface area contributed by atoms with Gasteiger partial charge in [0.1, 0.15) is 0 Å². The summed E-state index contributed by atoms with van der Waals surface area (Å²) in [7, 11) is 0. The van der Waals surface area contributed by atoms with Crippen molar-refractivity contribution in [2.45, 2.75) is 44.1 Å². The first-order valence-corrected chi connectivity index (χ1v) is 12.6. The van der Waals surface area contributed by atoms with Crippen LogP contribution in [0.2, 0.25) is 0 Å². The van der Waals surface area contributed by atoms with Crippen molar-refractivity contribution in [1.82, 2.24) is 10.2 Å². The number of anilines is 3. The second kappa shape index (κ2) is 12.1.